The van der Waals surface area contributed by atoms with Crippen LogP contribution >= 0.6 is 0 Å². The Morgan fingerprint density at radius 3 is 2.78 bits per heavy atom. The van der Waals surface area contributed by atoms with Gasteiger partial charge in [-0.25, -0.2) is 0 Å². The zero-order chi connectivity index (χ0) is 6.95. The Labute approximate surface area is 56.8 Å². The number of hydrogen-bond donors (Lipinski definition) is 0. The molecule has 0 amide bonds. The van der Waals surface area contributed by atoms with Crippen LogP contribution in [-0.2, 0) is 0 Å². The van der Waals surface area contributed by atoms with Gasteiger partial charge in [0.1, 0.15) is 0 Å². The molecule has 0 saturated heterocycles. The molecular formula is C8H13N. The fourth-order valence-electron chi connectivity index (χ4n) is 0.393. The standard InChI is InChI=1S/C8H13N/c1-3-5-6-8-9-7-4-2/h3,5-6,8H,1,4,7H2,2H3. The van der Waals surface area contributed by atoms with Gasteiger partial charge in [-0.15, -0.1) is 0 Å². The van der Waals surface area contributed by atoms with E-state index in [1.165, 1.54) is 0 Å². The molecule has 0 bridgehead atoms. The predicted octanol–water partition coefficient (Wildman–Crippen LogP) is 2.21. The third kappa shape index (κ3) is 7.15. The molecule has 0 aromatic heterocycles. The molecular weight excluding hydrogens is 110 g/mol. The number of allylic oxidation sites excluding steroid dienone is 3. The first-order chi connectivity index (χ1) is 4.41. The number of rotatable bonds is 4. The van der Waals surface area contributed by atoms with Crippen LogP contribution in [0.1, 0.15) is 13.3 Å². The first kappa shape index (κ1) is 8.15. The van der Waals surface area contributed by atoms with Gasteiger partial charge in [0.2, 0.25) is 0 Å². The van der Waals surface area contributed by atoms with E-state index in [1.807, 2.05) is 12.2 Å². The molecule has 0 spiro atoms. The van der Waals surface area contributed by atoms with E-state index in [0.717, 1.165) is 13.0 Å². The van der Waals surface area contributed by atoms with E-state index >= 15 is 0 Å². The second kappa shape index (κ2) is 7.15. The Balaban J connectivity index is 3.23. The van der Waals surface area contributed by atoms with E-state index in [4.69, 9.17) is 0 Å². The van der Waals surface area contributed by atoms with Crippen molar-refractivity contribution in [1.82, 2.24) is 0 Å². The highest BCUT2D eigenvalue weighted by Gasteiger charge is 1.67. The summed E-state index contributed by atoms with van der Waals surface area (Å²) in [4.78, 5) is 4.07. The monoisotopic (exact) mass is 123 g/mol. The quantitative estimate of drug-likeness (QED) is 0.401. The van der Waals surface area contributed by atoms with Crippen molar-refractivity contribution in [3.63, 3.8) is 0 Å². The van der Waals surface area contributed by atoms with Gasteiger partial charge in [0.05, 0.1) is 0 Å². The van der Waals surface area contributed by atoms with Crippen LogP contribution in [0.3, 0.4) is 0 Å². The minimum Gasteiger partial charge on any atom is -0.293 e. The number of nitrogens with zero attached hydrogens (tertiary/aromatic N) is 1. The summed E-state index contributed by atoms with van der Waals surface area (Å²) in [6.45, 7) is 6.55. The minimum atomic E-state index is 0.918. The van der Waals surface area contributed by atoms with Gasteiger partial charge in [-0.3, -0.25) is 4.99 Å². The Hall–Kier alpha value is -0.850. The fourth-order valence-corrected chi connectivity index (χ4v) is 0.393. The Morgan fingerprint density at radius 2 is 2.22 bits per heavy atom. The van der Waals surface area contributed by atoms with Crippen LogP contribution in [0, 0.1) is 0 Å². The molecule has 1 nitrogen and oxygen atoms in total. The molecule has 0 radical (unpaired) electrons. The van der Waals surface area contributed by atoms with Crippen molar-refractivity contribution < 1.29 is 0 Å². The molecule has 0 aliphatic carbocycles. The first-order valence-electron chi connectivity index (χ1n) is 3.19. The van der Waals surface area contributed by atoms with Crippen molar-refractivity contribution >= 4 is 6.21 Å². The number of aliphatic imine (C=N–C) groups is 1. The van der Waals surface area contributed by atoms with E-state index in [0.29, 0.717) is 0 Å². The van der Waals surface area contributed by atoms with Gasteiger partial charge in [0.25, 0.3) is 0 Å². The van der Waals surface area contributed by atoms with Gasteiger partial charge < -0.3 is 0 Å². The normalized spacial score (nSPS) is 11.2. The predicted molar refractivity (Wildman–Crippen MR) is 43.0 cm³/mol. The van der Waals surface area contributed by atoms with Gasteiger partial charge in [-0.1, -0.05) is 25.7 Å². The molecule has 1 heteroatoms. The van der Waals surface area contributed by atoms with E-state index in [-0.39, 0.29) is 0 Å². The van der Waals surface area contributed by atoms with E-state index in [9.17, 15) is 0 Å². The molecule has 0 aromatic carbocycles. The lowest BCUT2D eigenvalue weighted by molar-refractivity contribution is 0.937. The smallest absolute Gasteiger partial charge is 0.0386 e. The average molecular weight is 123 g/mol. The zero-order valence-corrected chi connectivity index (χ0v) is 5.88. The number of hydrogen-bond acceptors (Lipinski definition) is 1. The summed E-state index contributed by atoms with van der Waals surface area (Å²) in [6, 6.07) is 0. The van der Waals surface area contributed by atoms with Crippen molar-refractivity contribution in [1.29, 1.82) is 0 Å². The lowest BCUT2D eigenvalue weighted by Crippen LogP contribution is -1.73. The Morgan fingerprint density at radius 1 is 1.44 bits per heavy atom. The van der Waals surface area contributed by atoms with E-state index in [1.54, 1.807) is 12.3 Å². The molecule has 9 heavy (non-hydrogen) atoms. The summed E-state index contributed by atoms with van der Waals surface area (Å²) in [7, 11) is 0. The van der Waals surface area contributed by atoms with Crippen LogP contribution < -0.4 is 0 Å². The summed E-state index contributed by atoms with van der Waals surface area (Å²) in [6.07, 6.45) is 8.38. The van der Waals surface area contributed by atoms with Crippen LogP contribution in [0.4, 0.5) is 0 Å². The van der Waals surface area contributed by atoms with Crippen molar-refractivity contribution in [3.05, 3.63) is 24.8 Å². The van der Waals surface area contributed by atoms with Crippen LogP contribution in [0.2, 0.25) is 0 Å². The van der Waals surface area contributed by atoms with Crippen molar-refractivity contribution in [2.45, 2.75) is 13.3 Å². The molecule has 50 valence electrons. The fraction of sp³-hybridized carbons (Fsp3) is 0.375. The minimum absolute atomic E-state index is 0.918. The molecule has 0 N–H and O–H groups in total. The van der Waals surface area contributed by atoms with E-state index < -0.39 is 0 Å². The SMILES string of the molecule is C=CC=CC=NCCC. The molecule has 0 aliphatic rings. The molecule has 0 heterocycles. The largest absolute Gasteiger partial charge is 0.293 e. The highest BCUT2D eigenvalue weighted by Crippen LogP contribution is 1.75. The topological polar surface area (TPSA) is 12.4 Å². The molecule has 0 saturated carbocycles. The molecule has 0 unspecified atom stereocenters. The van der Waals surface area contributed by atoms with Crippen LogP contribution in [0.15, 0.2) is 29.8 Å². The molecule has 0 rings (SSSR count). The summed E-state index contributed by atoms with van der Waals surface area (Å²) >= 11 is 0. The lowest BCUT2D eigenvalue weighted by Gasteiger charge is -1.79. The molecule has 0 atom stereocenters. The summed E-state index contributed by atoms with van der Waals surface area (Å²) < 4.78 is 0. The lowest BCUT2D eigenvalue weighted by atomic mass is 10.5. The van der Waals surface area contributed by atoms with Gasteiger partial charge in [-0.05, 0) is 12.5 Å². The maximum atomic E-state index is 4.07. The third-order valence-corrected chi connectivity index (χ3v) is 0.791. The van der Waals surface area contributed by atoms with Gasteiger partial charge >= 0.3 is 0 Å². The molecule has 0 aliphatic heterocycles. The summed E-state index contributed by atoms with van der Waals surface area (Å²) in [5, 5.41) is 0. The Bertz CT molecular complexity index is 112. The maximum absolute atomic E-state index is 4.07. The second-order valence-electron chi connectivity index (χ2n) is 1.68. The van der Waals surface area contributed by atoms with Crippen molar-refractivity contribution in [2.24, 2.45) is 4.99 Å². The second-order valence-corrected chi connectivity index (χ2v) is 1.68. The first-order valence-corrected chi connectivity index (χ1v) is 3.19. The van der Waals surface area contributed by atoms with Crippen molar-refractivity contribution in [2.75, 3.05) is 6.54 Å². The Kier molecular flexibility index (Phi) is 6.47. The maximum Gasteiger partial charge on any atom is 0.0386 e. The van der Waals surface area contributed by atoms with E-state index in [2.05, 4.69) is 18.5 Å². The molecule has 0 fully saturated rings. The average Bonchev–Trinajstić information content (AvgIpc) is 1.89. The molecule has 0 aromatic rings. The van der Waals surface area contributed by atoms with Gasteiger partial charge in [0, 0.05) is 12.8 Å². The summed E-state index contributed by atoms with van der Waals surface area (Å²) in [5.74, 6) is 0. The van der Waals surface area contributed by atoms with Gasteiger partial charge in [0.15, 0.2) is 0 Å². The highest BCUT2D eigenvalue weighted by molar-refractivity contribution is 5.71. The van der Waals surface area contributed by atoms with Crippen LogP contribution in [0.5, 0.6) is 0 Å². The van der Waals surface area contributed by atoms with Gasteiger partial charge in [-0.2, -0.15) is 0 Å². The summed E-state index contributed by atoms with van der Waals surface area (Å²) in [5.41, 5.74) is 0. The van der Waals surface area contributed by atoms with Crippen LogP contribution in [-0.4, -0.2) is 12.8 Å². The highest BCUT2D eigenvalue weighted by atomic mass is 14.7. The zero-order valence-electron chi connectivity index (χ0n) is 5.88. The third-order valence-electron chi connectivity index (χ3n) is 0.791. The van der Waals surface area contributed by atoms with Crippen LogP contribution in [0.25, 0.3) is 0 Å². The van der Waals surface area contributed by atoms with Crippen molar-refractivity contribution in [3.8, 4) is 0 Å².